The van der Waals surface area contributed by atoms with Crippen molar-refractivity contribution in [2.45, 2.75) is 26.4 Å². The molecule has 0 fully saturated rings. The molecule has 0 unspecified atom stereocenters. The average molecular weight is 285 g/mol. The van der Waals surface area contributed by atoms with Gasteiger partial charge in [-0.2, -0.15) is 0 Å². The number of rotatable bonds is 1. The lowest BCUT2D eigenvalue weighted by Crippen LogP contribution is -2.52. The summed E-state index contributed by atoms with van der Waals surface area (Å²) in [6.45, 7) is 6.05. The lowest BCUT2D eigenvalue weighted by molar-refractivity contribution is -0.132. The number of nitrogens with zero attached hydrogens (tertiary/aromatic N) is 2. The minimum atomic E-state index is -0.828. The summed E-state index contributed by atoms with van der Waals surface area (Å²) < 4.78 is 6.50. The normalized spacial score (nSPS) is 18.0. The third-order valence-corrected chi connectivity index (χ3v) is 2.93. The first-order valence-corrected chi connectivity index (χ1v) is 5.91. The fraction of sp³-hybridized carbons (Fsp3) is 0.455. The highest BCUT2D eigenvalue weighted by atomic mass is 79.9. The van der Waals surface area contributed by atoms with Gasteiger partial charge in [-0.3, -0.25) is 9.69 Å². The van der Waals surface area contributed by atoms with Gasteiger partial charge in [0.25, 0.3) is 5.91 Å². The van der Waals surface area contributed by atoms with E-state index in [1.807, 2.05) is 13.0 Å². The van der Waals surface area contributed by atoms with E-state index in [2.05, 4.69) is 20.9 Å². The van der Waals surface area contributed by atoms with Crippen molar-refractivity contribution in [3.8, 4) is 5.75 Å². The van der Waals surface area contributed by atoms with Gasteiger partial charge in [-0.15, -0.1) is 0 Å². The molecule has 0 radical (unpaired) electrons. The smallest absolute Gasteiger partial charge is 0.271 e. The van der Waals surface area contributed by atoms with E-state index in [1.54, 1.807) is 24.9 Å². The zero-order valence-corrected chi connectivity index (χ0v) is 11.0. The van der Waals surface area contributed by atoms with Gasteiger partial charge in [0.15, 0.2) is 17.2 Å². The Kier molecular flexibility index (Phi) is 2.66. The monoisotopic (exact) mass is 284 g/mol. The molecule has 1 aromatic heterocycles. The van der Waals surface area contributed by atoms with Gasteiger partial charge in [0.2, 0.25) is 0 Å². The lowest BCUT2D eigenvalue weighted by atomic mass is 10.1. The second-order valence-electron chi connectivity index (χ2n) is 4.14. The van der Waals surface area contributed by atoms with E-state index in [1.165, 1.54) is 0 Å². The molecule has 1 amide bonds. The van der Waals surface area contributed by atoms with E-state index >= 15 is 0 Å². The van der Waals surface area contributed by atoms with Gasteiger partial charge in [-0.1, -0.05) is 0 Å². The molecule has 1 aliphatic rings. The summed E-state index contributed by atoms with van der Waals surface area (Å²) in [6, 6.07) is 1.83. The summed E-state index contributed by atoms with van der Waals surface area (Å²) >= 11 is 3.34. The maximum atomic E-state index is 12.1. The fourth-order valence-electron chi connectivity index (χ4n) is 1.72. The lowest BCUT2D eigenvalue weighted by Gasteiger charge is -2.37. The molecular weight excluding hydrogens is 272 g/mol. The van der Waals surface area contributed by atoms with Gasteiger partial charge in [-0.25, -0.2) is 4.98 Å². The van der Waals surface area contributed by atoms with Crippen LogP contribution in [-0.4, -0.2) is 23.0 Å². The molecule has 0 saturated carbocycles. The molecule has 0 bridgehead atoms. The predicted octanol–water partition coefficient (Wildman–Crippen LogP) is 2.37. The van der Waals surface area contributed by atoms with Crippen molar-refractivity contribution in [3.05, 3.63) is 16.7 Å². The van der Waals surface area contributed by atoms with Crippen molar-refractivity contribution < 1.29 is 9.53 Å². The molecule has 0 saturated heterocycles. The summed E-state index contributed by atoms with van der Waals surface area (Å²) in [7, 11) is 0. The number of fused-ring (bicyclic) bond motifs is 1. The fourth-order valence-corrected chi connectivity index (χ4v) is 2.03. The molecule has 0 aliphatic carbocycles. The Morgan fingerprint density at radius 1 is 1.56 bits per heavy atom. The van der Waals surface area contributed by atoms with E-state index < -0.39 is 5.60 Å². The van der Waals surface area contributed by atoms with Crippen molar-refractivity contribution in [1.82, 2.24) is 4.98 Å². The van der Waals surface area contributed by atoms with Crippen LogP contribution >= 0.6 is 15.9 Å². The Morgan fingerprint density at radius 2 is 2.25 bits per heavy atom. The third-order valence-electron chi connectivity index (χ3n) is 2.50. The number of carbonyl (C=O) groups excluding carboxylic acids is 1. The number of likely N-dealkylation sites (N-methyl/N-ethyl adjacent to an activating group) is 1. The highest BCUT2D eigenvalue weighted by Crippen LogP contribution is 2.37. The Bertz CT molecular complexity index is 446. The third kappa shape index (κ3) is 1.69. The Hall–Kier alpha value is -1.10. The topological polar surface area (TPSA) is 42.4 Å². The molecule has 1 aromatic rings. The summed E-state index contributed by atoms with van der Waals surface area (Å²) in [5, 5.41) is 0. The summed E-state index contributed by atoms with van der Waals surface area (Å²) in [5.74, 6) is 1.17. The van der Waals surface area contributed by atoms with Crippen LogP contribution in [-0.2, 0) is 4.79 Å². The molecule has 86 valence electrons. The van der Waals surface area contributed by atoms with Gasteiger partial charge >= 0.3 is 0 Å². The minimum Gasteiger partial charge on any atom is -0.474 e. The Balaban J connectivity index is 2.55. The molecule has 16 heavy (non-hydrogen) atoms. The maximum Gasteiger partial charge on any atom is 0.271 e. The van der Waals surface area contributed by atoms with Crippen molar-refractivity contribution in [2.75, 3.05) is 11.4 Å². The maximum absolute atomic E-state index is 12.1. The molecule has 0 atom stereocenters. The molecule has 0 N–H and O–H groups in total. The van der Waals surface area contributed by atoms with Gasteiger partial charge in [0.05, 0.1) is 0 Å². The highest BCUT2D eigenvalue weighted by Gasteiger charge is 2.41. The second kappa shape index (κ2) is 3.73. The average Bonchev–Trinajstić information content (AvgIpc) is 2.20. The standard InChI is InChI=1S/C11H13BrN2O2/c1-4-14-9-8(5-7(12)6-13-9)16-11(2,3)10(14)15/h5-6H,4H2,1-3H3. The van der Waals surface area contributed by atoms with Crippen molar-refractivity contribution in [1.29, 1.82) is 0 Å². The molecule has 0 spiro atoms. The van der Waals surface area contributed by atoms with Crippen LogP contribution in [0.5, 0.6) is 5.75 Å². The number of anilines is 1. The van der Waals surface area contributed by atoms with Crippen LogP contribution in [0.2, 0.25) is 0 Å². The number of amides is 1. The number of pyridine rings is 1. The van der Waals surface area contributed by atoms with Crippen LogP contribution in [0, 0.1) is 0 Å². The summed E-state index contributed by atoms with van der Waals surface area (Å²) in [6.07, 6.45) is 1.66. The van der Waals surface area contributed by atoms with Gasteiger partial charge in [0, 0.05) is 17.2 Å². The number of aromatic nitrogens is 1. The predicted molar refractivity (Wildman–Crippen MR) is 64.7 cm³/mol. The molecule has 2 heterocycles. The summed E-state index contributed by atoms with van der Waals surface area (Å²) in [4.78, 5) is 17.9. The molecule has 2 rings (SSSR count). The molecular formula is C11H13BrN2O2. The second-order valence-corrected chi connectivity index (χ2v) is 5.05. The van der Waals surface area contributed by atoms with Crippen molar-refractivity contribution in [2.24, 2.45) is 0 Å². The molecule has 5 heteroatoms. The minimum absolute atomic E-state index is 0.0580. The Labute approximate surface area is 103 Å². The summed E-state index contributed by atoms with van der Waals surface area (Å²) in [5.41, 5.74) is -0.828. The number of hydrogen-bond donors (Lipinski definition) is 0. The number of carbonyl (C=O) groups is 1. The first kappa shape index (κ1) is 11.4. The largest absolute Gasteiger partial charge is 0.474 e. The number of ether oxygens (including phenoxy) is 1. The van der Waals surface area contributed by atoms with Crippen LogP contribution in [0.4, 0.5) is 5.82 Å². The van der Waals surface area contributed by atoms with Crippen LogP contribution in [0.1, 0.15) is 20.8 Å². The first-order chi connectivity index (χ1) is 7.45. The van der Waals surface area contributed by atoms with Gasteiger partial charge in [0.1, 0.15) is 0 Å². The van der Waals surface area contributed by atoms with E-state index in [9.17, 15) is 4.79 Å². The number of hydrogen-bond acceptors (Lipinski definition) is 3. The Morgan fingerprint density at radius 3 is 2.88 bits per heavy atom. The van der Waals surface area contributed by atoms with E-state index in [0.717, 1.165) is 4.47 Å². The molecule has 4 nitrogen and oxygen atoms in total. The van der Waals surface area contributed by atoms with Crippen molar-refractivity contribution >= 4 is 27.7 Å². The van der Waals surface area contributed by atoms with Crippen LogP contribution in [0.15, 0.2) is 16.7 Å². The van der Waals surface area contributed by atoms with Crippen molar-refractivity contribution in [3.63, 3.8) is 0 Å². The number of halogens is 1. The van der Waals surface area contributed by atoms with E-state index in [-0.39, 0.29) is 5.91 Å². The zero-order chi connectivity index (χ0) is 11.9. The van der Waals surface area contributed by atoms with E-state index in [4.69, 9.17) is 4.74 Å². The molecule has 1 aliphatic heterocycles. The molecule has 0 aromatic carbocycles. The first-order valence-electron chi connectivity index (χ1n) is 5.12. The SMILES string of the molecule is CCN1C(=O)C(C)(C)Oc2cc(Br)cnc21. The highest BCUT2D eigenvalue weighted by molar-refractivity contribution is 9.10. The van der Waals surface area contributed by atoms with Gasteiger partial charge in [-0.05, 0) is 42.8 Å². The van der Waals surface area contributed by atoms with Crippen LogP contribution < -0.4 is 9.64 Å². The van der Waals surface area contributed by atoms with E-state index in [0.29, 0.717) is 18.1 Å². The van der Waals surface area contributed by atoms with Crippen LogP contribution in [0.25, 0.3) is 0 Å². The quantitative estimate of drug-likeness (QED) is 0.795. The van der Waals surface area contributed by atoms with Gasteiger partial charge < -0.3 is 4.74 Å². The zero-order valence-electron chi connectivity index (χ0n) is 9.45. The van der Waals surface area contributed by atoms with Crippen LogP contribution in [0.3, 0.4) is 0 Å².